The van der Waals surface area contributed by atoms with E-state index in [4.69, 9.17) is 0 Å². The Morgan fingerprint density at radius 3 is 2.42 bits per heavy atom. The second-order valence-corrected chi connectivity index (χ2v) is 8.95. The Kier molecular flexibility index (Phi) is 6.77. The molecule has 0 atom stereocenters. The number of rotatable bonds is 6. The summed E-state index contributed by atoms with van der Waals surface area (Å²) >= 11 is 1.60. The monoisotopic (exact) mass is 493 g/mol. The Morgan fingerprint density at radius 2 is 1.64 bits per heavy atom. The van der Waals surface area contributed by atoms with Crippen LogP contribution in [-0.4, -0.2) is 26.8 Å². The molecule has 8 heteroatoms. The van der Waals surface area contributed by atoms with Gasteiger partial charge in [-0.2, -0.15) is 0 Å². The summed E-state index contributed by atoms with van der Waals surface area (Å²) in [6.07, 6.45) is 4.02. The van der Waals surface area contributed by atoms with Crippen molar-refractivity contribution in [2.24, 2.45) is 0 Å². The lowest BCUT2D eigenvalue weighted by molar-refractivity contribution is 0.262. The first-order chi connectivity index (χ1) is 17.6. The Hall–Kier alpha value is -4.43. The number of hydrogen-bond donors (Lipinski definition) is 2. The van der Waals surface area contributed by atoms with Crippen LogP contribution in [0.3, 0.4) is 0 Å². The number of nitrogens with zero attached hydrogens (tertiary/aromatic N) is 3. The SMILES string of the molecule is CSc1cccc(NC(=O)Nc2cccc(-n3c(=O)c(Cc4ccccc4)nc4cccnc43)c2)c1. The molecule has 0 spiro atoms. The predicted octanol–water partition coefficient (Wildman–Crippen LogP) is 5.74. The van der Waals surface area contributed by atoms with E-state index in [1.54, 1.807) is 46.8 Å². The predicted molar refractivity (Wildman–Crippen MR) is 145 cm³/mol. The third-order valence-electron chi connectivity index (χ3n) is 5.59. The number of urea groups is 1. The van der Waals surface area contributed by atoms with Crippen molar-refractivity contribution in [1.29, 1.82) is 0 Å². The number of benzene rings is 3. The van der Waals surface area contributed by atoms with Crippen LogP contribution in [-0.2, 0) is 6.42 Å². The maximum absolute atomic E-state index is 13.6. The highest BCUT2D eigenvalue weighted by Crippen LogP contribution is 2.21. The van der Waals surface area contributed by atoms with Crippen LogP contribution < -0.4 is 16.2 Å². The Balaban J connectivity index is 1.48. The second kappa shape index (κ2) is 10.5. The van der Waals surface area contributed by atoms with Crippen molar-refractivity contribution in [3.63, 3.8) is 0 Å². The zero-order valence-corrected chi connectivity index (χ0v) is 20.3. The molecular weight excluding hydrogens is 470 g/mol. The first kappa shape index (κ1) is 23.3. The summed E-state index contributed by atoms with van der Waals surface area (Å²) in [4.78, 5) is 36.3. The van der Waals surface area contributed by atoms with Gasteiger partial charge in [-0.15, -0.1) is 11.8 Å². The molecule has 2 heterocycles. The summed E-state index contributed by atoms with van der Waals surface area (Å²) < 4.78 is 1.55. The normalized spacial score (nSPS) is 10.8. The number of anilines is 2. The quantitative estimate of drug-likeness (QED) is 0.295. The summed E-state index contributed by atoms with van der Waals surface area (Å²) in [6.45, 7) is 0. The standard InChI is InChI=1S/C28H23N5O2S/c1-36-23-13-6-11-21(18-23)31-28(35)30-20-10-5-12-22(17-20)33-26-24(14-7-15-29-26)32-25(27(33)34)16-19-8-3-2-4-9-19/h2-15,17-18H,16H2,1H3,(H2,30,31,35). The van der Waals surface area contributed by atoms with Gasteiger partial charge in [-0.25, -0.2) is 14.8 Å². The van der Waals surface area contributed by atoms with Crippen LogP contribution in [0.15, 0.2) is 107 Å². The van der Waals surface area contributed by atoms with Crippen molar-refractivity contribution >= 4 is 40.3 Å². The molecule has 0 aliphatic carbocycles. The smallest absolute Gasteiger partial charge is 0.308 e. The molecular formula is C28H23N5O2S. The lowest BCUT2D eigenvalue weighted by Crippen LogP contribution is -2.25. The topological polar surface area (TPSA) is 88.9 Å². The molecule has 5 rings (SSSR count). The Labute approximate surface area is 212 Å². The van der Waals surface area contributed by atoms with E-state index in [1.807, 2.05) is 73.0 Å². The minimum atomic E-state index is -0.375. The van der Waals surface area contributed by atoms with E-state index < -0.39 is 0 Å². The number of pyridine rings is 1. The van der Waals surface area contributed by atoms with E-state index in [0.717, 1.165) is 10.5 Å². The van der Waals surface area contributed by atoms with Crippen molar-refractivity contribution in [1.82, 2.24) is 14.5 Å². The van der Waals surface area contributed by atoms with Crippen LogP contribution in [0.4, 0.5) is 16.2 Å². The van der Waals surface area contributed by atoms with Crippen molar-refractivity contribution in [3.05, 3.63) is 119 Å². The van der Waals surface area contributed by atoms with Gasteiger partial charge in [0, 0.05) is 28.9 Å². The summed E-state index contributed by atoms with van der Waals surface area (Å²) in [7, 11) is 0. The molecule has 36 heavy (non-hydrogen) atoms. The van der Waals surface area contributed by atoms with Crippen molar-refractivity contribution in [2.75, 3.05) is 16.9 Å². The van der Waals surface area contributed by atoms with Gasteiger partial charge in [0.1, 0.15) is 11.2 Å². The number of thioether (sulfide) groups is 1. The molecule has 0 aliphatic heterocycles. The van der Waals surface area contributed by atoms with E-state index in [9.17, 15) is 9.59 Å². The van der Waals surface area contributed by atoms with E-state index in [1.165, 1.54) is 0 Å². The average Bonchev–Trinajstić information content (AvgIpc) is 2.90. The van der Waals surface area contributed by atoms with E-state index >= 15 is 0 Å². The number of amides is 2. The molecule has 2 amide bonds. The molecule has 0 saturated heterocycles. The van der Waals surface area contributed by atoms with E-state index in [-0.39, 0.29) is 11.6 Å². The minimum Gasteiger partial charge on any atom is -0.308 e. The maximum atomic E-state index is 13.6. The van der Waals surface area contributed by atoms with Gasteiger partial charge >= 0.3 is 6.03 Å². The van der Waals surface area contributed by atoms with E-state index in [0.29, 0.717) is 40.3 Å². The molecule has 7 nitrogen and oxygen atoms in total. The molecule has 3 aromatic carbocycles. The molecule has 0 saturated carbocycles. The number of carbonyl (C=O) groups is 1. The summed E-state index contributed by atoms with van der Waals surface area (Å²) in [6, 6.07) is 27.7. The molecule has 0 aliphatic rings. The van der Waals surface area contributed by atoms with Crippen LogP contribution in [0.25, 0.3) is 16.9 Å². The van der Waals surface area contributed by atoms with Gasteiger partial charge in [-0.3, -0.25) is 9.36 Å². The summed E-state index contributed by atoms with van der Waals surface area (Å²) in [5.41, 5.74) is 4.07. The van der Waals surface area contributed by atoms with Gasteiger partial charge in [0.25, 0.3) is 5.56 Å². The Morgan fingerprint density at radius 1 is 0.889 bits per heavy atom. The van der Waals surface area contributed by atoms with Gasteiger partial charge in [0.05, 0.1) is 5.69 Å². The lowest BCUT2D eigenvalue weighted by Gasteiger charge is -2.13. The molecule has 2 aromatic heterocycles. The van der Waals surface area contributed by atoms with Crippen LogP contribution in [0.1, 0.15) is 11.3 Å². The van der Waals surface area contributed by atoms with E-state index in [2.05, 4.69) is 20.6 Å². The molecule has 2 N–H and O–H groups in total. The number of carbonyl (C=O) groups excluding carboxylic acids is 1. The first-order valence-corrected chi connectivity index (χ1v) is 12.6. The first-order valence-electron chi connectivity index (χ1n) is 11.3. The number of fused-ring (bicyclic) bond motifs is 1. The highest BCUT2D eigenvalue weighted by Gasteiger charge is 2.15. The zero-order chi connectivity index (χ0) is 24.9. The number of hydrogen-bond acceptors (Lipinski definition) is 5. The Bertz CT molecular complexity index is 1600. The fourth-order valence-corrected chi connectivity index (χ4v) is 4.39. The molecule has 5 aromatic rings. The van der Waals surface area contributed by atoms with Gasteiger partial charge in [-0.05, 0) is 60.4 Å². The van der Waals surface area contributed by atoms with Crippen LogP contribution in [0.5, 0.6) is 0 Å². The minimum absolute atomic E-state index is 0.250. The third-order valence-corrected chi connectivity index (χ3v) is 6.31. The van der Waals surface area contributed by atoms with Crippen LogP contribution in [0, 0.1) is 0 Å². The van der Waals surface area contributed by atoms with Crippen molar-refractivity contribution < 1.29 is 4.79 Å². The van der Waals surface area contributed by atoms with Crippen LogP contribution >= 0.6 is 11.8 Å². The van der Waals surface area contributed by atoms with Gasteiger partial charge in [-0.1, -0.05) is 42.5 Å². The van der Waals surface area contributed by atoms with Crippen molar-refractivity contribution in [2.45, 2.75) is 11.3 Å². The fourth-order valence-electron chi connectivity index (χ4n) is 3.93. The van der Waals surface area contributed by atoms with Crippen LogP contribution in [0.2, 0.25) is 0 Å². The third kappa shape index (κ3) is 5.13. The van der Waals surface area contributed by atoms with Crippen molar-refractivity contribution in [3.8, 4) is 5.69 Å². The van der Waals surface area contributed by atoms with Gasteiger partial charge in [0.15, 0.2) is 5.65 Å². The molecule has 178 valence electrons. The van der Waals surface area contributed by atoms with Gasteiger partial charge in [0.2, 0.25) is 0 Å². The fraction of sp³-hybridized carbons (Fsp3) is 0.0714. The highest BCUT2D eigenvalue weighted by atomic mass is 32.2. The average molecular weight is 494 g/mol. The number of aromatic nitrogens is 3. The highest BCUT2D eigenvalue weighted by molar-refractivity contribution is 7.98. The number of nitrogens with one attached hydrogen (secondary N) is 2. The lowest BCUT2D eigenvalue weighted by atomic mass is 10.1. The summed E-state index contributed by atoms with van der Waals surface area (Å²) in [5, 5.41) is 5.70. The zero-order valence-electron chi connectivity index (χ0n) is 19.5. The largest absolute Gasteiger partial charge is 0.323 e. The molecule has 0 bridgehead atoms. The molecule has 0 unspecified atom stereocenters. The molecule has 0 radical (unpaired) electrons. The van der Waals surface area contributed by atoms with Gasteiger partial charge < -0.3 is 10.6 Å². The molecule has 0 fully saturated rings. The summed E-state index contributed by atoms with van der Waals surface area (Å²) in [5.74, 6) is 0. The second-order valence-electron chi connectivity index (χ2n) is 8.07. The maximum Gasteiger partial charge on any atom is 0.323 e.